The molecule has 0 unspecified atom stereocenters. The first-order chi connectivity index (χ1) is 13.7. The highest BCUT2D eigenvalue weighted by atomic mass is 16.2. The largest absolute Gasteiger partial charge is 0.352 e. The maximum atomic E-state index is 12.3. The van der Waals surface area contributed by atoms with Crippen LogP contribution in [-0.4, -0.2) is 24.9 Å². The van der Waals surface area contributed by atoms with Crippen molar-refractivity contribution in [3.8, 4) is 0 Å². The molecule has 4 heteroatoms. The van der Waals surface area contributed by atoms with Crippen molar-refractivity contribution in [3.05, 3.63) is 58.7 Å². The minimum Gasteiger partial charge on any atom is -0.352 e. The summed E-state index contributed by atoms with van der Waals surface area (Å²) in [7, 11) is 0. The van der Waals surface area contributed by atoms with Crippen LogP contribution in [0.5, 0.6) is 0 Å². The van der Waals surface area contributed by atoms with Crippen molar-refractivity contribution in [1.82, 2.24) is 10.6 Å². The van der Waals surface area contributed by atoms with Crippen LogP contribution in [0.25, 0.3) is 0 Å². The average Bonchev–Trinajstić information content (AvgIpc) is 2.75. The molecule has 4 nitrogen and oxygen atoms in total. The summed E-state index contributed by atoms with van der Waals surface area (Å²) in [6.45, 7) is 1.34. The number of hydrogen-bond acceptors (Lipinski definition) is 2. The summed E-state index contributed by atoms with van der Waals surface area (Å²) in [5.41, 5.74) is 4.12. The molecule has 28 heavy (non-hydrogen) atoms. The Morgan fingerprint density at radius 3 is 1.46 bits per heavy atom. The highest BCUT2D eigenvalue weighted by Crippen LogP contribution is 2.20. The molecule has 0 aromatic heterocycles. The molecule has 150 valence electrons. The van der Waals surface area contributed by atoms with Crippen molar-refractivity contribution in [2.45, 2.75) is 64.2 Å². The number of rotatable bonds is 8. The van der Waals surface area contributed by atoms with Crippen LogP contribution in [0.4, 0.5) is 0 Å². The third kappa shape index (κ3) is 6.36. The summed E-state index contributed by atoms with van der Waals surface area (Å²) in [5, 5.41) is 5.96. The van der Waals surface area contributed by atoms with Crippen LogP contribution in [-0.2, 0) is 0 Å². The Hall–Kier alpha value is -2.36. The molecule has 0 spiro atoms. The first-order valence-electron chi connectivity index (χ1n) is 10.7. The molecule has 0 radical (unpaired) electrons. The van der Waals surface area contributed by atoms with Gasteiger partial charge in [0.25, 0.3) is 11.8 Å². The van der Waals surface area contributed by atoms with Gasteiger partial charge in [-0.1, -0.05) is 23.3 Å². The van der Waals surface area contributed by atoms with Crippen LogP contribution >= 0.6 is 0 Å². The summed E-state index contributed by atoms with van der Waals surface area (Å²) in [4.78, 5) is 24.6. The lowest BCUT2D eigenvalue weighted by molar-refractivity contribution is 0.0942. The van der Waals surface area contributed by atoms with Crippen LogP contribution in [0.3, 0.4) is 0 Å². The van der Waals surface area contributed by atoms with Gasteiger partial charge in [0.1, 0.15) is 0 Å². The predicted molar refractivity (Wildman–Crippen MR) is 113 cm³/mol. The zero-order chi connectivity index (χ0) is 19.6. The van der Waals surface area contributed by atoms with Gasteiger partial charge in [-0.25, -0.2) is 0 Å². The fourth-order valence-electron chi connectivity index (χ4n) is 3.91. The maximum Gasteiger partial charge on any atom is 0.251 e. The van der Waals surface area contributed by atoms with Crippen molar-refractivity contribution in [1.29, 1.82) is 0 Å². The van der Waals surface area contributed by atoms with E-state index in [0.717, 1.165) is 25.7 Å². The SMILES string of the molecule is O=C(NCCC1=CCCCC1)c1ccc(C(=O)NCCC2=CCCCC2)cc1. The third-order valence-corrected chi connectivity index (χ3v) is 5.64. The van der Waals surface area contributed by atoms with Crippen molar-refractivity contribution < 1.29 is 9.59 Å². The zero-order valence-corrected chi connectivity index (χ0v) is 16.8. The van der Waals surface area contributed by atoms with Gasteiger partial charge in [-0.15, -0.1) is 0 Å². The number of amides is 2. The van der Waals surface area contributed by atoms with Crippen LogP contribution < -0.4 is 10.6 Å². The fraction of sp³-hybridized carbons (Fsp3) is 0.500. The highest BCUT2D eigenvalue weighted by molar-refractivity contribution is 5.97. The fourth-order valence-corrected chi connectivity index (χ4v) is 3.91. The lowest BCUT2D eigenvalue weighted by Gasteiger charge is -2.13. The number of carbonyl (C=O) groups is 2. The molecule has 1 aromatic carbocycles. The number of benzene rings is 1. The van der Waals surface area contributed by atoms with E-state index in [2.05, 4.69) is 22.8 Å². The molecular formula is C24H32N2O2. The van der Waals surface area contributed by atoms with Gasteiger partial charge >= 0.3 is 0 Å². The Kier molecular flexibility index (Phi) is 7.89. The molecule has 2 amide bonds. The number of hydrogen-bond donors (Lipinski definition) is 2. The van der Waals surface area contributed by atoms with E-state index in [9.17, 15) is 9.59 Å². The number of allylic oxidation sites excluding steroid dienone is 2. The molecule has 2 aliphatic carbocycles. The Morgan fingerprint density at radius 1 is 0.679 bits per heavy atom. The highest BCUT2D eigenvalue weighted by Gasteiger charge is 2.10. The first-order valence-corrected chi connectivity index (χ1v) is 10.7. The van der Waals surface area contributed by atoms with E-state index in [1.54, 1.807) is 24.3 Å². The molecule has 0 aliphatic heterocycles. The van der Waals surface area contributed by atoms with E-state index in [1.807, 2.05) is 0 Å². The molecule has 0 bridgehead atoms. The summed E-state index contributed by atoms with van der Waals surface area (Å²) < 4.78 is 0. The van der Waals surface area contributed by atoms with E-state index in [4.69, 9.17) is 0 Å². The van der Waals surface area contributed by atoms with Crippen molar-refractivity contribution in [3.63, 3.8) is 0 Å². The second kappa shape index (κ2) is 10.8. The molecular weight excluding hydrogens is 348 g/mol. The average molecular weight is 381 g/mol. The molecule has 2 N–H and O–H groups in total. The van der Waals surface area contributed by atoms with Crippen molar-refractivity contribution in [2.75, 3.05) is 13.1 Å². The Morgan fingerprint density at radius 2 is 1.11 bits per heavy atom. The summed E-state index contributed by atoms with van der Waals surface area (Å²) in [6, 6.07) is 6.92. The molecule has 0 saturated carbocycles. The minimum absolute atomic E-state index is 0.0763. The van der Waals surface area contributed by atoms with Gasteiger partial charge in [-0.2, -0.15) is 0 Å². The lowest BCUT2D eigenvalue weighted by atomic mass is 9.97. The zero-order valence-electron chi connectivity index (χ0n) is 16.8. The number of carbonyl (C=O) groups excluding carboxylic acids is 2. The second-order valence-electron chi connectivity index (χ2n) is 7.81. The van der Waals surface area contributed by atoms with Crippen LogP contribution in [0, 0.1) is 0 Å². The first kappa shape index (κ1) is 20.4. The molecule has 0 saturated heterocycles. The van der Waals surface area contributed by atoms with Gasteiger partial charge in [0.05, 0.1) is 0 Å². The van der Waals surface area contributed by atoms with E-state index in [0.29, 0.717) is 24.2 Å². The van der Waals surface area contributed by atoms with Crippen LogP contribution in [0.15, 0.2) is 47.6 Å². The van der Waals surface area contributed by atoms with Gasteiger partial charge in [-0.3, -0.25) is 9.59 Å². The minimum atomic E-state index is -0.0763. The maximum absolute atomic E-state index is 12.3. The van der Waals surface area contributed by atoms with Crippen LogP contribution in [0.1, 0.15) is 84.9 Å². The van der Waals surface area contributed by atoms with Gasteiger partial charge in [0.2, 0.25) is 0 Å². The van der Waals surface area contributed by atoms with E-state index >= 15 is 0 Å². The molecule has 0 atom stereocenters. The van der Waals surface area contributed by atoms with Gasteiger partial charge < -0.3 is 10.6 Å². The van der Waals surface area contributed by atoms with Crippen molar-refractivity contribution in [2.24, 2.45) is 0 Å². The molecule has 3 rings (SSSR count). The van der Waals surface area contributed by atoms with Crippen molar-refractivity contribution >= 4 is 11.8 Å². The quantitative estimate of drug-likeness (QED) is 0.629. The summed E-state index contributed by atoms with van der Waals surface area (Å²) in [5.74, 6) is -0.153. The predicted octanol–water partition coefficient (Wildman–Crippen LogP) is 4.93. The topological polar surface area (TPSA) is 58.2 Å². The van der Waals surface area contributed by atoms with Gasteiger partial charge in [0, 0.05) is 24.2 Å². The lowest BCUT2D eigenvalue weighted by Crippen LogP contribution is -2.26. The Balaban J connectivity index is 1.40. The Bertz CT molecular complexity index is 668. The molecule has 2 aliphatic rings. The van der Waals surface area contributed by atoms with E-state index < -0.39 is 0 Å². The molecule has 0 heterocycles. The second-order valence-corrected chi connectivity index (χ2v) is 7.81. The Labute approximate surface area is 168 Å². The van der Waals surface area contributed by atoms with E-state index in [1.165, 1.54) is 49.7 Å². The standard InChI is InChI=1S/C24H32N2O2/c27-23(25-17-15-19-7-3-1-4-8-19)21-11-13-22(14-12-21)24(28)26-18-16-20-9-5-2-6-10-20/h7,9,11-14H,1-6,8,10,15-18H2,(H,25,27)(H,26,28). The van der Waals surface area contributed by atoms with Crippen LogP contribution in [0.2, 0.25) is 0 Å². The summed E-state index contributed by atoms with van der Waals surface area (Å²) in [6.07, 6.45) is 16.3. The number of nitrogens with one attached hydrogen (secondary N) is 2. The monoisotopic (exact) mass is 380 g/mol. The smallest absolute Gasteiger partial charge is 0.251 e. The normalized spacial score (nSPS) is 16.7. The molecule has 1 aromatic rings. The van der Waals surface area contributed by atoms with Gasteiger partial charge in [-0.05, 0) is 88.5 Å². The summed E-state index contributed by atoms with van der Waals surface area (Å²) >= 11 is 0. The molecule has 0 fully saturated rings. The van der Waals surface area contributed by atoms with Gasteiger partial charge in [0.15, 0.2) is 0 Å². The third-order valence-electron chi connectivity index (χ3n) is 5.64. The van der Waals surface area contributed by atoms with E-state index in [-0.39, 0.29) is 11.8 Å².